The predicted octanol–water partition coefficient (Wildman–Crippen LogP) is 7.43. The lowest BCUT2D eigenvalue weighted by atomic mass is 9.64. The van der Waals surface area contributed by atoms with E-state index in [4.69, 9.17) is 0 Å². The Hall–Kier alpha value is -0.660. The molecule has 3 aliphatic rings. The van der Waals surface area contributed by atoms with Crippen LogP contribution in [0, 0.1) is 23.7 Å². The van der Waals surface area contributed by atoms with Gasteiger partial charge in [-0.15, -0.1) is 0 Å². The fraction of sp³-hybridized carbons (Fsp3) is 0.923. The lowest BCUT2D eigenvalue weighted by molar-refractivity contribution is -0.127. The van der Waals surface area contributed by atoms with Gasteiger partial charge in [0.1, 0.15) is 11.6 Å². The Morgan fingerprint density at radius 1 is 0.607 bits per heavy atom. The van der Waals surface area contributed by atoms with Crippen LogP contribution in [0.25, 0.3) is 0 Å². The number of carbonyl (C=O) groups excluding carboxylic acids is 2. The monoisotopic (exact) mass is 388 g/mol. The van der Waals surface area contributed by atoms with Crippen molar-refractivity contribution < 1.29 is 9.59 Å². The molecule has 3 saturated carbocycles. The molecule has 0 aromatic rings. The van der Waals surface area contributed by atoms with Crippen LogP contribution in [0.1, 0.15) is 128 Å². The molecule has 0 heterocycles. The van der Waals surface area contributed by atoms with Gasteiger partial charge in [0.25, 0.3) is 0 Å². The van der Waals surface area contributed by atoms with Crippen LogP contribution in [0.4, 0.5) is 0 Å². The molecular weight excluding hydrogens is 344 g/mol. The third kappa shape index (κ3) is 6.99. The first kappa shape index (κ1) is 22.0. The van der Waals surface area contributed by atoms with Gasteiger partial charge in [0.15, 0.2) is 0 Å². The van der Waals surface area contributed by atoms with Gasteiger partial charge in [-0.2, -0.15) is 0 Å². The second kappa shape index (κ2) is 12.1. The van der Waals surface area contributed by atoms with Gasteiger partial charge in [0.2, 0.25) is 0 Å². The molecular formula is C26H44O2. The van der Waals surface area contributed by atoms with Gasteiger partial charge in [0.05, 0.1) is 0 Å². The second-order valence-electron chi connectivity index (χ2n) is 10.2. The Balaban J connectivity index is 1.24. The minimum atomic E-state index is 0.389. The van der Waals surface area contributed by atoms with E-state index in [-0.39, 0.29) is 0 Å². The molecule has 3 aliphatic carbocycles. The molecule has 3 unspecified atom stereocenters. The molecule has 0 aromatic carbocycles. The summed E-state index contributed by atoms with van der Waals surface area (Å²) in [6, 6.07) is 0. The van der Waals surface area contributed by atoms with Gasteiger partial charge in [-0.25, -0.2) is 0 Å². The summed E-state index contributed by atoms with van der Waals surface area (Å²) in [4.78, 5) is 25.0. The zero-order valence-corrected chi connectivity index (χ0v) is 18.3. The third-order valence-corrected chi connectivity index (χ3v) is 8.11. The molecule has 2 heteroatoms. The van der Waals surface area contributed by atoms with Crippen molar-refractivity contribution in [2.75, 3.05) is 0 Å². The summed E-state index contributed by atoms with van der Waals surface area (Å²) in [7, 11) is 0. The smallest absolute Gasteiger partial charge is 0.136 e. The zero-order chi connectivity index (χ0) is 19.6. The molecule has 0 amide bonds. The predicted molar refractivity (Wildman–Crippen MR) is 116 cm³/mol. The molecule has 0 aromatic heterocycles. The molecule has 0 N–H and O–H groups in total. The Bertz CT molecular complexity index is 473. The summed E-state index contributed by atoms with van der Waals surface area (Å²) < 4.78 is 0. The highest BCUT2D eigenvalue weighted by Gasteiger charge is 2.37. The van der Waals surface area contributed by atoms with Crippen LogP contribution in [0.2, 0.25) is 0 Å². The lowest BCUT2D eigenvalue weighted by Crippen LogP contribution is -2.35. The molecule has 3 atom stereocenters. The summed E-state index contributed by atoms with van der Waals surface area (Å²) in [6.07, 6.45) is 23.9. The van der Waals surface area contributed by atoms with Crippen LogP contribution in [0.5, 0.6) is 0 Å². The van der Waals surface area contributed by atoms with Crippen molar-refractivity contribution in [3.8, 4) is 0 Å². The Kier molecular flexibility index (Phi) is 9.55. The third-order valence-electron chi connectivity index (χ3n) is 8.11. The van der Waals surface area contributed by atoms with E-state index in [1.807, 2.05) is 0 Å². The molecule has 0 bridgehead atoms. The minimum absolute atomic E-state index is 0.389. The average Bonchev–Trinajstić information content (AvgIpc) is 2.98. The minimum Gasteiger partial charge on any atom is -0.300 e. The number of Topliss-reactive ketones (excluding diaryl/α,β-unsaturated/α-hetero) is 2. The molecule has 3 fully saturated rings. The highest BCUT2D eigenvalue weighted by atomic mass is 16.1. The van der Waals surface area contributed by atoms with Gasteiger partial charge in [-0.3, -0.25) is 9.59 Å². The van der Waals surface area contributed by atoms with Crippen LogP contribution >= 0.6 is 0 Å². The highest BCUT2D eigenvalue weighted by Crippen LogP contribution is 2.44. The van der Waals surface area contributed by atoms with E-state index in [2.05, 4.69) is 0 Å². The normalized spacial score (nSPS) is 29.1. The van der Waals surface area contributed by atoms with Crippen molar-refractivity contribution in [2.24, 2.45) is 23.7 Å². The molecule has 28 heavy (non-hydrogen) atoms. The van der Waals surface area contributed by atoms with E-state index in [1.54, 1.807) is 0 Å². The number of carbonyl (C=O) groups is 2. The largest absolute Gasteiger partial charge is 0.300 e. The first-order valence-electron chi connectivity index (χ1n) is 12.8. The summed E-state index contributed by atoms with van der Waals surface area (Å²) in [5.74, 6) is 3.70. The SMILES string of the molecule is O=C(CCCCCCC(=O)C1CCCC2CCCCC21)CC1CCCCCC1. The lowest BCUT2D eigenvalue weighted by Gasteiger charge is -2.40. The van der Waals surface area contributed by atoms with Crippen molar-refractivity contribution >= 4 is 11.6 Å². The quantitative estimate of drug-likeness (QED) is 0.288. The number of hydrogen-bond acceptors (Lipinski definition) is 2. The van der Waals surface area contributed by atoms with Crippen molar-refractivity contribution in [3.63, 3.8) is 0 Å². The first-order chi connectivity index (χ1) is 13.7. The van der Waals surface area contributed by atoms with Crippen molar-refractivity contribution in [3.05, 3.63) is 0 Å². The van der Waals surface area contributed by atoms with Crippen LogP contribution in [0.15, 0.2) is 0 Å². The van der Waals surface area contributed by atoms with E-state index in [0.29, 0.717) is 23.4 Å². The van der Waals surface area contributed by atoms with E-state index in [1.165, 1.54) is 77.0 Å². The van der Waals surface area contributed by atoms with Crippen LogP contribution in [-0.4, -0.2) is 11.6 Å². The van der Waals surface area contributed by atoms with Crippen molar-refractivity contribution in [1.29, 1.82) is 0 Å². The number of fused-ring (bicyclic) bond motifs is 1. The molecule has 2 nitrogen and oxygen atoms in total. The highest BCUT2D eigenvalue weighted by molar-refractivity contribution is 5.81. The second-order valence-corrected chi connectivity index (χ2v) is 10.2. The zero-order valence-electron chi connectivity index (χ0n) is 18.3. The molecule has 0 aliphatic heterocycles. The van der Waals surface area contributed by atoms with Gasteiger partial charge in [0, 0.05) is 25.2 Å². The topological polar surface area (TPSA) is 34.1 Å². The Labute approximate surface area is 173 Å². The number of rotatable bonds is 10. The molecule has 0 saturated heterocycles. The number of unbranched alkanes of at least 4 members (excludes halogenated alkanes) is 3. The van der Waals surface area contributed by atoms with Gasteiger partial charge >= 0.3 is 0 Å². The Morgan fingerprint density at radius 2 is 1.25 bits per heavy atom. The Morgan fingerprint density at radius 3 is 2.04 bits per heavy atom. The molecule has 0 spiro atoms. The molecule has 0 radical (unpaired) electrons. The fourth-order valence-electron chi connectivity index (χ4n) is 6.49. The van der Waals surface area contributed by atoms with E-state index >= 15 is 0 Å². The summed E-state index contributed by atoms with van der Waals surface area (Å²) in [5.41, 5.74) is 0. The summed E-state index contributed by atoms with van der Waals surface area (Å²) in [6.45, 7) is 0. The standard InChI is InChI=1S/C26H44O2/c27-23(20-21-12-5-1-2-6-13-21)16-7-3-4-8-19-26(28)25-18-11-15-22-14-9-10-17-24(22)25/h21-22,24-25H,1-20H2. The van der Waals surface area contributed by atoms with Gasteiger partial charge in [-0.05, 0) is 43.4 Å². The van der Waals surface area contributed by atoms with Crippen molar-refractivity contribution in [2.45, 2.75) is 128 Å². The van der Waals surface area contributed by atoms with E-state index < -0.39 is 0 Å². The maximum atomic E-state index is 12.8. The fourth-order valence-corrected chi connectivity index (χ4v) is 6.49. The van der Waals surface area contributed by atoms with Crippen LogP contribution in [-0.2, 0) is 9.59 Å². The summed E-state index contributed by atoms with van der Waals surface area (Å²) in [5, 5.41) is 0. The average molecular weight is 389 g/mol. The first-order valence-corrected chi connectivity index (χ1v) is 12.8. The van der Waals surface area contributed by atoms with Crippen molar-refractivity contribution in [1.82, 2.24) is 0 Å². The van der Waals surface area contributed by atoms with E-state index in [9.17, 15) is 9.59 Å². The van der Waals surface area contributed by atoms with Gasteiger partial charge < -0.3 is 0 Å². The molecule has 3 rings (SSSR count). The number of hydrogen-bond donors (Lipinski definition) is 0. The van der Waals surface area contributed by atoms with Crippen LogP contribution < -0.4 is 0 Å². The van der Waals surface area contributed by atoms with Crippen LogP contribution in [0.3, 0.4) is 0 Å². The summed E-state index contributed by atoms with van der Waals surface area (Å²) >= 11 is 0. The maximum Gasteiger partial charge on any atom is 0.136 e. The maximum absolute atomic E-state index is 12.8. The van der Waals surface area contributed by atoms with Gasteiger partial charge in [-0.1, -0.05) is 83.5 Å². The molecule has 160 valence electrons. The van der Waals surface area contributed by atoms with E-state index in [0.717, 1.165) is 63.2 Å². The number of ketones is 2.